The van der Waals surface area contributed by atoms with Crippen molar-refractivity contribution in [3.05, 3.63) is 35.9 Å². The summed E-state index contributed by atoms with van der Waals surface area (Å²) in [4.78, 5) is 23.9. The van der Waals surface area contributed by atoms with Gasteiger partial charge in [0.1, 0.15) is 5.41 Å². The van der Waals surface area contributed by atoms with Gasteiger partial charge >= 0.3 is 5.97 Å². The highest BCUT2D eigenvalue weighted by atomic mass is 16.4. The van der Waals surface area contributed by atoms with E-state index in [0.29, 0.717) is 6.42 Å². The maximum Gasteiger partial charge on any atom is 0.315 e. The van der Waals surface area contributed by atoms with Gasteiger partial charge in [0.25, 0.3) is 0 Å². The second-order valence-electron chi connectivity index (χ2n) is 5.86. The van der Waals surface area contributed by atoms with Crippen LogP contribution in [0, 0.1) is 11.8 Å². The molecule has 0 heterocycles. The van der Waals surface area contributed by atoms with Crippen LogP contribution in [-0.2, 0) is 15.0 Å². The number of nitrogens with one attached hydrogen (secondary N) is 1. The predicted octanol–water partition coefficient (Wildman–Crippen LogP) is 2.83. The van der Waals surface area contributed by atoms with Crippen molar-refractivity contribution in [1.82, 2.24) is 5.32 Å². The second-order valence-corrected chi connectivity index (χ2v) is 5.86. The molecular weight excluding hydrogens is 266 g/mol. The molecule has 0 radical (unpaired) electrons. The van der Waals surface area contributed by atoms with Crippen LogP contribution in [0.5, 0.6) is 0 Å². The highest BCUT2D eigenvalue weighted by molar-refractivity contribution is 5.84. The van der Waals surface area contributed by atoms with Crippen LogP contribution in [0.3, 0.4) is 0 Å². The largest absolute Gasteiger partial charge is 0.481 e. The summed E-state index contributed by atoms with van der Waals surface area (Å²) in [6.07, 6.45) is 0.419. The molecule has 0 aliphatic rings. The van der Waals surface area contributed by atoms with Gasteiger partial charge in [0.05, 0.1) is 0 Å². The standard InChI is InChI=1S/C17H25NO3/c1-5-17(16(20)21,14-9-7-6-8-10-14)11-18-15(19)13(4)12(2)3/h6-10,12-13H,5,11H2,1-4H3,(H,18,19)(H,20,21). The first-order valence-corrected chi connectivity index (χ1v) is 7.41. The van der Waals surface area contributed by atoms with Crippen LogP contribution < -0.4 is 5.32 Å². The van der Waals surface area contributed by atoms with Gasteiger partial charge in [-0.1, -0.05) is 58.0 Å². The molecule has 4 nitrogen and oxygen atoms in total. The van der Waals surface area contributed by atoms with Gasteiger partial charge in [-0.15, -0.1) is 0 Å². The SMILES string of the molecule is CCC(CNC(=O)C(C)C(C)C)(C(=O)O)c1ccccc1. The van der Waals surface area contributed by atoms with Crippen molar-refractivity contribution in [2.75, 3.05) is 6.54 Å². The second kappa shape index (κ2) is 7.25. The molecule has 116 valence electrons. The summed E-state index contributed by atoms with van der Waals surface area (Å²) >= 11 is 0. The Morgan fingerprint density at radius 2 is 1.76 bits per heavy atom. The molecule has 0 saturated heterocycles. The Kier molecular flexibility index (Phi) is 5.94. The number of carboxylic acid groups (broad SMARTS) is 1. The predicted molar refractivity (Wildman–Crippen MR) is 83.1 cm³/mol. The van der Waals surface area contributed by atoms with Crippen LogP contribution in [-0.4, -0.2) is 23.5 Å². The number of hydrogen-bond donors (Lipinski definition) is 2. The van der Waals surface area contributed by atoms with Gasteiger partial charge in [-0.25, -0.2) is 0 Å². The molecule has 1 aromatic carbocycles. The van der Waals surface area contributed by atoms with Crippen LogP contribution >= 0.6 is 0 Å². The van der Waals surface area contributed by atoms with Crippen LogP contribution in [0.15, 0.2) is 30.3 Å². The number of aliphatic carboxylic acids is 1. The molecule has 0 fully saturated rings. The van der Waals surface area contributed by atoms with Crippen molar-refractivity contribution in [2.24, 2.45) is 11.8 Å². The number of carbonyl (C=O) groups is 2. The quantitative estimate of drug-likeness (QED) is 0.812. The summed E-state index contributed by atoms with van der Waals surface area (Å²) in [5.74, 6) is -0.916. The fourth-order valence-electron chi connectivity index (χ4n) is 2.24. The molecule has 1 rings (SSSR count). The van der Waals surface area contributed by atoms with Crippen LogP contribution in [0.1, 0.15) is 39.7 Å². The molecule has 2 N–H and O–H groups in total. The van der Waals surface area contributed by atoms with E-state index in [4.69, 9.17) is 0 Å². The molecule has 0 aromatic heterocycles. The lowest BCUT2D eigenvalue weighted by Gasteiger charge is -2.30. The van der Waals surface area contributed by atoms with Gasteiger partial charge in [0.2, 0.25) is 5.91 Å². The van der Waals surface area contributed by atoms with Gasteiger partial charge in [-0.05, 0) is 17.9 Å². The maximum absolute atomic E-state index is 12.1. The number of carbonyl (C=O) groups excluding carboxylic acids is 1. The van der Waals surface area contributed by atoms with E-state index in [0.717, 1.165) is 5.56 Å². The monoisotopic (exact) mass is 291 g/mol. The molecule has 0 aliphatic heterocycles. The van der Waals surface area contributed by atoms with E-state index in [1.807, 2.05) is 45.9 Å². The average molecular weight is 291 g/mol. The fraction of sp³-hybridized carbons (Fsp3) is 0.529. The number of rotatable bonds is 7. The zero-order valence-electron chi connectivity index (χ0n) is 13.2. The molecule has 2 unspecified atom stereocenters. The minimum absolute atomic E-state index is 0.0972. The summed E-state index contributed by atoms with van der Waals surface area (Å²) in [5.41, 5.74) is -0.356. The lowest BCUT2D eigenvalue weighted by molar-refractivity contribution is -0.144. The molecule has 4 heteroatoms. The van der Waals surface area contributed by atoms with Crippen LogP contribution in [0.4, 0.5) is 0 Å². The van der Waals surface area contributed by atoms with E-state index in [1.54, 1.807) is 12.1 Å². The van der Waals surface area contributed by atoms with Crippen molar-refractivity contribution in [2.45, 2.75) is 39.5 Å². The summed E-state index contributed by atoms with van der Waals surface area (Å²) in [6.45, 7) is 7.76. The van der Waals surface area contributed by atoms with Crippen molar-refractivity contribution in [1.29, 1.82) is 0 Å². The van der Waals surface area contributed by atoms with Crippen LogP contribution in [0.2, 0.25) is 0 Å². The summed E-state index contributed by atoms with van der Waals surface area (Å²) < 4.78 is 0. The van der Waals surface area contributed by atoms with E-state index < -0.39 is 11.4 Å². The van der Waals surface area contributed by atoms with E-state index in [-0.39, 0.29) is 24.3 Å². The van der Waals surface area contributed by atoms with E-state index >= 15 is 0 Å². The highest BCUT2D eigenvalue weighted by Gasteiger charge is 2.39. The Morgan fingerprint density at radius 3 is 2.19 bits per heavy atom. The molecule has 1 aromatic rings. The van der Waals surface area contributed by atoms with Crippen molar-refractivity contribution >= 4 is 11.9 Å². The number of carboxylic acids is 1. The van der Waals surface area contributed by atoms with Gasteiger partial charge < -0.3 is 10.4 Å². The maximum atomic E-state index is 12.1. The normalized spacial score (nSPS) is 15.3. The van der Waals surface area contributed by atoms with Gasteiger partial charge in [0.15, 0.2) is 0 Å². The smallest absolute Gasteiger partial charge is 0.315 e. The molecule has 0 saturated carbocycles. The molecule has 0 aliphatic carbocycles. The number of hydrogen-bond acceptors (Lipinski definition) is 2. The first-order valence-electron chi connectivity index (χ1n) is 7.41. The Hall–Kier alpha value is -1.84. The summed E-state index contributed by atoms with van der Waals surface area (Å²) in [5, 5.41) is 12.5. The van der Waals surface area contributed by atoms with Gasteiger partial charge in [-0.3, -0.25) is 9.59 Å². The Labute approximate surface area is 126 Å². The van der Waals surface area contributed by atoms with Crippen LogP contribution in [0.25, 0.3) is 0 Å². The van der Waals surface area contributed by atoms with E-state index in [9.17, 15) is 14.7 Å². The number of amides is 1. The minimum atomic E-state index is -1.08. The first kappa shape index (κ1) is 17.2. The zero-order valence-corrected chi connectivity index (χ0v) is 13.2. The third-order valence-electron chi connectivity index (χ3n) is 4.32. The Bertz CT molecular complexity index is 484. The summed E-state index contributed by atoms with van der Waals surface area (Å²) in [6, 6.07) is 9.10. The molecule has 0 bridgehead atoms. The molecule has 21 heavy (non-hydrogen) atoms. The van der Waals surface area contributed by atoms with Crippen molar-refractivity contribution in [3.8, 4) is 0 Å². The molecule has 1 amide bonds. The van der Waals surface area contributed by atoms with Crippen molar-refractivity contribution < 1.29 is 14.7 Å². The topological polar surface area (TPSA) is 66.4 Å². The molecular formula is C17H25NO3. The van der Waals surface area contributed by atoms with E-state index in [2.05, 4.69) is 5.32 Å². The van der Waals surface area contributed by atoms with E-state index in [1.165, 1.54) is 0 Å². The van der Waals surface area contributed by atoms with Gasteiger partial charge in [-0.2, -0.15) is 0 Å². The lowest BCUT2D eigenvalue weighted by atomic mass is 9.78. The fourth-order valence-corrected chi connectivity index (χ4v) is 2.24. The Balaban J connectivity index is 2.96. The third-order valence-corrected chi connectivity index (χ3v) is 4.32. The zero-order chi connectivity index (χ0) is 16.0. The lowest BCUT2D eigenvalue weighted by Crippen LogP contribution is -2.47. The molecule has 0 spiro atoms. The third kappa shape index (κ3) is 3.84. The Morgan fingerprint density at radius 1 is 1.19 bits per heavy atom. The van der Waals surface area contributed by atoms with Gasteiger partial charge in [0, 0.05) is 12.5 Å². The minimum Gasteiger partial charge on any atom is -0.481 e. The van der Waals surface area contributed by atoms with Crippen molar-refractivity contribution in [3.63, 3.8) is 0 Å². The highest BCUT2D eigenvalue weighted by Crippen LogP contribution is 2.28. The number of benzene rings is 1. The average Bonchev–Trinajstić information content (AvgIpc) is 2.48. The first-order chi connectivity index (χ1) is 9.85. The molecule has 2 atom stereocenters. The summed E-state index contributed by atoms with van der Waals surface area (Å²) in [7, 11) is 0.